The molecule has 0 saturated heterocycles. The molecule has 0 radical (unpaired) electrons. The molecular formula is C26H29N3O2. The number of hydrogen-bond acceptors (Lipinski definition) is 2. The third-order valence-corrected chi connectivity index (χ3v) is 7.32. The lowest BCUT2D eigenvalue weighted by Gasteiger charge is -2.52. The Morgan fingerprint density at radius 3 is 2.74 bits per heavy atom. The van der Waals surface area contributed by atoms with E-state index in [0.717, 1.165) is 54.3 Å². The van der Waals surface area contributed by atoms with E-state index in [4.69, 9.17) is 0 Å². The summed E-state index contributed by atoms with van der Waals surface area (Å²) in [6, 6.07) is 15.7. The third-order valence-electron chi connectivity index (χ3n) is 7.32. The van der Waals surface area contributed by atoms with E-state index in [0.29, 0.717) is 5.56 Å². The molecule has 2 amide bonds. The van der Waals surface area contributed by atoms with Gasteiger partial charge in [-0.1, -0.05) is 38.0 Å². The molecule has 2 atom stereocenters. The van der Waals surface area contributed by atoms with Crippen molar-refractivity contribution in [1.29, 1.82) is 0 Å². The highest BCUT2D eigenvalue weighted by Crippen LogP contribution is 2.51. The summed E-state index contributed by atoms with van der Waals surface area (Å²) in [6.45, 7) is 4.23. The van der Waals surface area contributed by atoms with Gasteiger partial charge in [-0.25, -0.2) is 0 Å². The van der Waals surface area contributed by atoms with E-state index in [1.807, 2.05) is 54.7 Å². The predicted octanol–water partition coefficient (Wildman–Crippen LogP) is 5.46. The van der Waals surface area contributed by atoms with Crippen LogP contribution in [-0.4, -0.2) is 33.3 Å². The summed E-state index contributed by atoms with van der Waals surface area (Å²) in [5.74, 6) is -0.325. The molecular weight excluding hydrogens is 386 g/mol. The molecule has 1 aromatic heterocycles. The number of rotatable bonds is 4. The Morgan fingerprint density at radius 1 is 1.19 bits per heavy atom. The minimum atomic E-state index is -0.455. The maximum atomic E-state index is 13.9. The molecule has 2 aliphatic rings. The van der Waals surface area contributed by atoms with Crippen LogP contribution in [0.2, 0.25) is 0 Å². The van der Waals surface area contributed by atoms with Crippen LogP contribution in [-0.2, 0) is 4.79 Å². The molecule has 2 unspecified atom stereocenters. The minimum absolute atomic E-state index is 0.0231. The largest absolute Gasteiger partial charge is 0.361 e. The molecule has 5 rings (SSSR count). The highest BCUT2D eigenvalue weighted by atomic mass is 16.2. The number of carbonyl (C=O) groups is 2. The number of nitrogens with zero attached hydrogens (tertiary/aromatic N) is 1. The van der Waals surface area contributed by atoms with Crippen molar-refractivity contribution < 1.29 is 9.59 Å². The molecule has 1 aliphatic heterocycles. The summed E-state index contributed by atoms with van der Waals surface area (Å²) >= 11 is 0. The SMILES string of the molecule is CCC(C)N1C(=O)c2ccccc2C(C(=O)Nc2ccc3[nH]ccc3c2)C12CCCC2. The second kappa shape index (κ2) is 7.56. The average Bonchev–Trinajstić information content (AvgIpc) is 3.43. The molecule has 31 heavy (non-hydrogen) atoms. The molecule has 0 bridgehead atoms. The van der Waals surface area contributed by atoms with Crippen molar-refractivity contribution in [3.8, 4) is 0 Å². The van der Waals surface area contributed by atoms with Gasteiger partial charge in [-0.2, -0.15) is 0 Å². The van der Waals surface area contributed by atoms with Crippen LogP contribution in [0.3, 0.4) is 0 Å². The molecule has 1 fully saturated rings. The van der Waals surface area contributed by atoms with Crippen molar-refractivity contribution in [2.45, 2.75) is 63.5 Å². The zero-order chi connectivity index (χ0) is 21.6. The number of aromatic amines is 1. The van der Waals surface area contributed by atoms with Gasteiger partial charge in [0.1, 0.15) is 0 Å². The van der Waals surface area contributed by atoms with Crippen LogP contribution in [0.25, 0.3) is 10.9 Å². The van der Waals surface area contributed by atoms with Crippen molar-refractivity contribution in [3.05, 3.63) is 65.9 Å². The van der Waals surface area contributed by atoms with Gasteiger partial charge < -0.3 is 15.2 Å². The smallest absolute Gasteiger partial charge is 0.254 e. The Morgan fingerprint density at radius 2 is 1.97 bits per heavy atom. The van der Waals surface area contributed by atoms with Crippen LogP contribution >= 0.6 is 0 Å². The number of H-pyrrole nitrogens is 1. The lowest BCUT2D eigenvalue weighted by atomic mass is 9.70. The Hall–Kier alpha value is -3.08. The topological polar surface area (TPSA) is 65.2 Å². The van der Waals surface area contributed by atoms with Gasteiger partial charge in [-0.15, -0.1) is 0 Å². The monoisotopic (exact) mass is 415 g/mol. The van der Waals surface area contributed by atoms with Gasteiger partial charge in [-0.3, -0.25) is 9.59 Å². The summed E-state index contributed by atoms with van der Waals surface area (Å²) in [4.78, 5) is 32.7. The van der Waals surface area contributed by atoms with E-state index in [1.54, 1.807) is 0 Å². The van der Waals surface area contributed by atoms with Crippen LogP contribution in [0.4, 0.5) is 5.69 Å². The van der Waals surface area contributed by atoms with Gasteiger partial charge in [-0.05, 0) is 62.1 Å². The van der Waals surface area contributed by atoms with Crippen molar-refractivity contribution in [1.82, 2.24) is 9.88 Å². The van der Waals surface area contributed by atoms with Gasteiger partial charge in [0.05, 0.1) is 11.5 Å². The van der Waals surface area contributed by atoms with Gasteiger partial charge in [0.25, 0.3) is 5.91 Å². The van der Waals surface area contributed by atoms with E-state index in [9.17, 15) is 9.59 Å². The maximum absolute atomic E-state index is 13.9. The number of hydrogen-bond donors (Lipinski definition) is 2. The first-order valence-corrected chi connectivity index (χ1v) is 11.4. The van der Waals surface area contributed by atoms with Gasteiger partial charge >= 0.3 is 0 Å². The normalized spacial score (nSPS) is 20.8. The number of fused-ring (bicyclic) bond motifs is 2. The highest BCUT2D eigenvalue weighted by molar-refractivity contribution is 6.05. The fraction of sp³-hybridized carbons (Fsp3) is 0.385. The van der Waals surface area contributed by atoms with Crippen molar-refractivity contribution in [2.24, 2.45) is 0 Å². The van der Waals surface area contributed by atoms with Gasteiger partial charge in [0.15, 0.2) is 0 Å². The van der Waals surface area contributed by atoms with E-state index in [2.05, 4.69) is 29.0 Å². The van der Waals surface area contributed by atoms with Crippen LogP contribution in [0.15, 0.2) is 54.7 Å². The van der Waals surface area contributed by atoms with Crippen molar-refractivity contribution in [3.63, 3.8) is 0 Å². The summed E-state index contributed by atoms with van der Waals surface area (Å²) in [5, 5.41) is 4.25. The summed E-state index contributed by atoms with van der Waals surface area (Å²) in [5.41, 5.74) is 2.91. The van der Waals surface area contributed by atoms with Crippen LogP contribution in [0.5, 0.6) is 0 Å². The van der Waals surface area contributed by atoms with E-state index in [-0.39, 0.29) is 23.8 Å². The molecule has 2 heterocycles. The Kier molecular flexibility index (Phi) is 4.84. The number of carbonyl (C=O) groups excluding carboxylic acids is 2. The summed E-state index contributed by atoms with van der Waals surface area (Å²) in [6.07, 6.45) is 6.59. The summed E-state index contributed by atoms with van der Waals surface area (Å²) < 4.78 is 0. The average molecular weight is 416 g/mol. The Balaban J connectivity index is 1.60. The number of benzene rings is 2. The van der Waals surface area contributed by atoms with Crippen LogP contribution in [0, 0.1) is 0 Å². The fourth-order valence-corrected chi connectivity index (χ4v) is 5.77. The molecule has 1 spiro atoms. The first kappa shape index (κ1) is 19.9. The second-order valence-electron chi connectivity index (χ2n) is 9.03. The third kappa shape index (κ3) is 3.06. The van der Waals surface area contributed by atoms with Gasteiger partial charge in [0, 0.05) is 34.4 Å². The number of amides is 2. The van der Waals surface area contributed by atoms with Crippen molar-refractivity contribution in [2.75, 3.05) is 5.32 Å². The second-order valence-corrected chi connectivity index (χ2v) is 9.03. The molecule has 1 aliphatic carbocycles. The van der Waals surface area contributed by atoms with Crippen LogP contribution < -0.4 is 5.32 Å². The summed E-state index contributed by atoms with van der Waals surface area (Å²) in [7, 11) is 0. The molecule has 2 N–H and O–H groups in total. The minimum Gasteiger partial charge on any atom is -0.361 e. The van der Waals surface area contributed by atoms with E-state index >= 15 is 0 Å². The molecule has 1 saturated carbocycles. The first-order valence-electron chi connectivity index (χ1n) is 11.4. The number of anilines is 1. The highest BCUT2D eigenvalue weighted by Gasteiger charge is 2.56. The maximum Gasteiger partial charge on any atom is 0.254 e. The molecule has 160 valence electrons. The predicted molar refractivity (Wildman–Crippen MR) is 123 cm³/mol. The molecule has 5 heteroatoms. The molecule has 2 aromatic carbocycles. The number of nitrogens with one attached hydrogen (secondary N) is 2. The lowest BCUT2D eigenvalue weighted by Crippen LogP contribution is -2.62. The fourth-order valence-electron chi connectivity index (χ4n) is 5.77. The molecule has 5 nitrogen and oxygen atoms in total. The van der Waals surface area contributed by atoms with Gasteiger partial charge in [0.2, 0.25) is 5.91 Å². The lowest BCUT2D eigenvalue weighted by molar-refractivity contribution is -0.121. The van der Waals surface area contributed by atoms with E-state index < -0.39 is 5.54 Å². The number of aromatic nitrogens is 1. The zero-order valence-corrected chi connectivity index (χ0v) is 18.2. The zero-order valence-electron chi connectivity index (χ0n) is 18.2. The van der Waals surface area contributed by atoms with Crippen LogP contribution in [0.1, 0.15) is 67.8 Å². The Labute approximate surface area is 182 Å². The quantitative estimate of drug-likeness (QED) is 0.594. The van der Waals surface area contributed by atoms with Crippen molar-refractivity contribution >= 4 is 28.4 Å². The first-order chi connectivity index (χ1) is 15.0. The van der Waals surface area contributed by atoms with E-state index in [1.165, 1.54) is 0 Å². The molecule has 3 aromatic rings. The standard InChI is InChI=1S/C26H29N3O2/c1-3-17(2)29-25(31)21-9-5-4-8-20(21)23(26(29)13-6-7-14-26)24(30)28-19-10-11-22-18(16-19)12-15-27-22/h4-5,8-12,15-17,23,27H,3,6-7,13-14H2,1-2H3,(H,28,30). The Bertz CT molecular complexity index is 1140.